The Morgan fingerprint density at radius 2 is 1.17 bits per heavy atom. The molecule has 1 spiro atoms. The van der Waals surface area contributed by atoms with Crippen LogP contribution in [0.2, 0.25) is 0 Å². The molecule has 1 aliphatic heterocycles. The van der Waals surface area contributed by atoms with Crippen LogP contribution in [0.25, 0.3) is 78.4 Å². The van der Waals surface area contributed by atoms with E-state index in [4.69, 9.17) is 15.0 Å². The van der Waals surface area contributed by atoms with Crippen molar-refractivity contribution in [3.05, 3.63) is 209 Å². The van der Waals surface area contributed by atoms with E-state index in [2.05, 4.69) is 134 Å². The molecule has 5 heteroatoms. The Balaban J connectivity index is 1.14. The van der Waals surface area contributed by atoms with Crippen LogP contribution in [-0.2, 0) is 5.41 Å². The highest BCUT2D eigenvalue weighted by atomic mass is 15.0. The lowest BCUT2D eigenvalue weighted by molar-refractivity contribution is 0.726. The van der Waals surface area contributed by atoms with Crippen molar-refractivity contribution < 1.29 is 0 Å². The van der Waals surface area contributed by atoms with Crippen LogP contribution in [0.5, 0.6) is 0 Å². The Bertz CT molecular complexity index is 3270. The molecule has 2 aliphatic rings. The first-order valence-electron chi connectivity index (χ1n) is 19.6. The minimum atomic E-state index is -0.508. The molecule has 2 aromatic heterocycles. The average molecular weight is 742 g/mol. The lowest BCUT2D eigenvalue weighted by Gasteiger charge is -2.40. The summed E-state index contributed by atoms with van der Waals surface area (Å²) in [6, 6.07) is 59.6. The van der Waals surface area contributed by atoms with Gasteiger partial charge in [0.2, 0.25) is 0 Å². The average Bonchev–Trinajstić information content (AvgIpc) is 3.75. The first-order chi connectivity index (χ1) is 28.6. The molecular weight excluding hydrogens is 707 g/mol. The largest absolute Gasteiger partial charge is 0.309 e. The Morgan fingerprint density at radius 3 is 1.98 bits per heavy atom. The summed E-state index contributed by atoms with van der Waals surface area (Å²) in [6.45, 7) is 4.41. The number of hydrogen-bond acceptors (Lipinski definition) is 4. The van der Waals surface area contributed by atoms with Gasteiger partial charge in [-0.25, -0.2) is 15.0 Å². The monoisotopic (exact) mass is 741 g/mol. The third-order valence-electron chi connectivity index (χ3n) is 12.0. The Labute approximate surface area is 336 Å². The molecule has 58 heavy (non-hydrogen) atoms. The number of nitriles is 1. The van der Waals surface area contributed by atoms with Crippen LogP contribution >= 0.6 is 0 Å². The smallest absolute Gasteiger partial charge is 0.164 e. The number of aromatic nitrogens is 4. The van der Waals surface area contributed by atoms with Gasteiger partial charge >= 0.3 is 0 Å². The molecule has 0 N–H and O–H groups in total. The second kappa shape index (κ2) is 12.9. The van der Waals surface area contributed by atoms with Gasteiger partial charge in [-0.15, -0.1) is 0 Å². The molecule has 0 bridgehead atoms. The van der Waals surface area contributed by atoms with Crippen LogP contribution in [0.15, 0.2) is 182 Å². The van der Waals surface area contributed by atoms with E-state index in [1.54, 1.807) is 0 Å². The number of para-hydroxylation sites is 3. The van der Waals surface area contributed by atoms with E-state index in [0.29, 0.717) is 23.0 Å². The maximum absolute atomic E-state index is 9.57. The summed E-state index contributed by atoms with van der Waals surface area (Å²) in [5.74, 6) is 1.80. The van der Waals surface area contributed by atoms with Crippen LogP contribution in [-0.4, -0.2) is 19.5 Å². The van der Waals surface area contributed by atoms with Crippen LogP contribution in [0, 0.1) is 11.3 Å². The topological polar surface area (TPSA) is 67.4 Å². The van der Waals surface area contributed by atoms with Gasteiger partial charge < -0.3 is 4.57 Å². The molecule has 1 unspecified atom stereocenters. The van der Waals surface area contributed by atoms with Crippen molar-refractivity contribution in [1.29, 1.82) is 5.26 Å². The minimum Gasteiger partial charge on any atom is -0.309 e. The van der Waals surface area contributed by atoms with Gasteiger partial charge in [-0.3, -0.25) is 0 Å². The summed E-state index contributed by atoms with van der Waals surface area (Å²) in [5.41, 5.74) is 15.9. The zero-order valence-corrected chi connectivity index (χ0v) is 32.0. The summed E-state index contributed by atoms with van der Waals surface area (Å²) in [5, 5.41) is 12.1. The molecule has 1 atom stereocenters. The zero-order chi connectivity index (χ0) is 39.0. The minimum absolute atomic E-state index is 0.508. The lowest BCUT2D eigenvalue weighted by Crippen LogP contribution is -2.33. The van der Waals surface area contributed by atoms with Crippen molar-refractivity contribution in [2.45, 2.75) is 19.3 Å². The van der Waals surface area contributed by atoms with Crippen molar-refractivity contribution in [3.63, 3.8) is 0 Å². The van der Waals surface area contributed by atoms with Gasteiger partial charge in [-0.2, -0.15) is 5.26 Å². The summed E-state index contributed by atoms with van der Waals surface area (Å²) in [7, 11) is 0. The number of hydrogen-bond donors (Lipinski definition) is 0. The fraction of sp³-hybridized carbons (Fsp3) is 0.0566. The number of allylic oxidation sites excluding steroid dienone is 4. The Kier molecular flexibility index (Phi) is 7.51. The number of rotatable bonds is 5. The Hall–Kier alpha value is -7.68. The molecule has 3 heterocycles. The van der Waals surface area contributed by atoms with Crippen LogP contribution in [0.4, 0.5) is 0 Å². The van der Waals surface area contributed by atoms with E-state index in [1.807, 2.05) is 66.7 Å². The standard InChI is InChI=1S/C53H35N5/c1-3-14-40-33(2)53(45-23-8-10-26-48(45)58-47-25-9-7-21-41(47)42-22-13-24-46(53)49(42)58)44-28-27-39(31-43(40)44)52-56-50(35-16-5-4-6-17-35)55-51(57-52)38-20-12-19-37(30-38)36-18-11-15-34(29-36)32-54/h3-31H,1-2H3/b14-3-. The van der Waals surface area contributed by atoms with Crippen molar-refractivity contribution in [2.75, 3.05) is 0 Å². The van der Waals surface area contributed by atoms with E-state index in [-0.39, 0.29) is 0 Å². The molecule has 0 fully saturated rings. The van der Waals surface area contributed by atoms with Gasteiger partial charge in [0.05, 0.1) is 33.8 Å². The quantitative estimate of drug-likeness (QED) is 0.176. The van der Waals surface area contributed by atoms with Crippen molar-refractivity contribution >= 4 is 27.4 Å². The molecular formula is C53H35N5. The highest BCUT2D eigenvalue weighted by Gasteiger charge is 2.50. The van der Waals surface area contributed by atoms with Gasteiger partial charge in [0.25, 0.3) is 0 Å². The van der Waals surface area contributed by atoms with E-state index in [9.17, 15) is 5.26 Å². The van der Waals surface area contributed by atoms with Crippen LogP contribution in [0.3, 0.4) is 0 Å². The summed E-state index contributed by atoms with van der Waals surface area (Å²) in [6.07, 6.45) is 4.41. The molecule has 1 aliphatic carbocycles. The predicted molar refractivity (Wildman–Crippen MR) is 234 cm³/mol. The third-order valence-corrected chi connectivity index (χ3v) is 12.0. The predicted octanol–water partition coefficient (Wildman–Crippen LogP) is 12.5. The third kappa shape index (κ3) is 4.79. The van der Waals surface area contributed by atoms with Gasteiger partial charge in [0.1, 0.15) is 0 Å². The zero-order valence-electron chi connectivity index (χ0n) is 32.0. The Morgan fingerprint density at radius 1 is 0.552 bits per heavy atom. The fourth-order valence-electron chi connectivity index (χ4n) is 9.57. The number of fused-ring (bicyclic) bond motifs is 9. The van der Waals surface area contributed by atoms with Crippen LogP contribution in [0.1, 0.15) is 41.7 Å². The van der Waals surface area contributed by atoms with E-state index in [0.717, 1.165) is 27.8 Å². The second-order valence-corrected chi connectivity index (χ2v) is 15.1. The molecule has 0 radical (unpaired) electrons. The lowest BCUT2D eigenvalue weighted by atomic mass is 9.65. The van der Waals surface area contributed by atoms with E-state index >= 15 is 0 Å². The molecule has 9 aromatic rings. The van der Waals surface area contributed by atoms with Gasteiger partial charge in [0, 0.05) is 27.5 Å². The summed E-state index contributed by atoms with van der Waals surface area (Å²) in [4.78, 5) is 15.4. The summed E-state index contributed by atoms with van der Waals surface area (Å²) < 4.78 is 2.47. The number of benzene rings is 7. The molecule has 272 valence electrons. The van der Waals surface area contributed by atoms with Crippen LogP contribution < -0.4 is 0 Å². The van der Waals surface area contributed by atoms with E-state index < -0.39 is 5.41 Å². The molecule has 0 amide bonds. The fourth-order valence-corrected chi connectivity index (χ4v) is 9.57. The molecule has 11 rings (SSSR count). The first kappa shape index (κ1) is 33.6. The molecule has 5 nitrogen and oxygen atoms in total. The maximum atomic E-state index is 9.57. The highest BCUT2D eigenvalue weighted by Crippen LogP contribution is 2.60. The van der Waals surface area contributed by atoms with Crippen molar-refractivity contribution in [3.8, 4) is 57.0 Å². The second-order valence-electron chi connectivity index (χ2n) is 15.1. The van der Waals surface area contributed by atoms with Gasteiger partial charge in [-0.05, 0) is 94.8 Å². The van der Waals surface area contributed by atoms with E-state index in [1.165, 1.54) is 60.9 Å². The van der Waals surface area contributed by atoms with Gasteiger partial charge in [-0.1, -0.05) is 140 Å². The first-order valence-corrected chi connectivity index (χ1v) is 19.6. The maximum Gasteiger partial charge on any atom is 0.164 e. The summed E-state index contributed by atoms with van der Waals surface area (Å²) >= 11 is 0. The normalized spacial score (nSPS) is 15.3. The SMILES string of the molecule is C/C=C\C1=C(C)C2(c3ccc(-c4nc(-c5ccccc5)nc(-c5cccc(-c6cccc(C#N)c6)c5)n4)cc31)c1ccccc1-n1c3ccccc3c3cccc2c31. The molecule has 0 saturated heterocycles. The molecule has 0 saturated carbocycles. The molecule has 7 aromatic carbocycles. The number of nitrogens with zero attached hydrogens (tertiary/aromatic N) is 5. The van der Waals surface area contributed by atoms with Crippen molar-refractivity contribution in [1.82, 2.24) is 19.5 Å². The highest BCUT2D eigenvalue weighted by molar-refractivity contribution is 6.13. The van der Waals surface area contributed by atoms with Crippen molar-refractivity contribution in [2.24, 2.45) is 0 Å². The van der Waals surface area contributed by atoms with Gasteiger partial charge in [0.15, 0.2) is 17.5 Å².